The molecule has 0 spiro atoms. The van der Waals surface area contributed by atoms with E-state index in [0.717, 1.165) is 15.8 Å². The van der Waals surface area contributed by atoms with Gasteiger partial charge in [0, 0.05) is 15.1 Å². The highest BCUT2D eigenvalue weighted by atomic mass is 79.9. The average molecular weight is 367 g/mol. The number of hydrogen-bond donors (Lipinski definition) is 2. The molecule has 0 saturated heterocycles. The summed E-state index contributed by atoms with van der Waals surface area (Å²) in [4.78, 5) is 1.18. The van der Waals surface area contributed by atoms with Crippen LogP contribution in [0.5, 0.6) is 5.75 Å². The lowest BCUT2D eigenvalue weighted by Gasteiger charge is -2.10. The third kappa shape index (κ3) is 3.92. The molecule has 2 aromatic carbocycles. The zero-order chi connectivity index (χ0) is 15.2. The number of nitrogens with two attached hydrogens (primary N) is 1. The SMILES string of the molecule is COc1cc(CSc2ccccc2Br)ccc1/C(N)=N/O. The Labute approximate surface area is 136 Å². The van der Waals surface area contributed by atoms with Crippen LogP contribution in [0.1, 0.15) is 11.1 Å². The van der Waals surface area contributed by atoms with Gasteiger partial charge in [-0.25, -0.2) is 0 Å². The Kier molecular flexibility index (Phi) is 5.52. The number of methoxy groups -OCH3 is 1. The van der Waals surface area contributed by atoms with Crippen LogP contribution < -0.4 is 10.5 Å². The summed E-state index contributed by atoms with van der Waals surface area (Å²) in [5, 5.41) is 11.8. The van der Waals surface area contributed by atoms with Gasteiger partial charge in [-0.15, -0.1) is 11.8 Å². The predicted molar refractivity (Wildman–Crippen MR) is 89.2 cm³/mol. The average Bonchev–Trinajstić information content (AvgIpc) is 2.53. The summed E-state index contributed by atoms with van der Waals surface area (Å²) in [5.74, 6) is 1.43. The van der Waals surface area contributed by atoms with E-state index < -0.39 is 0 Å². The summed E-state index contributed by atoms with van der Waals surface area (Å²) >= 11 is 5.26. The first kappa shape index (κ1) is 15.7. The molecule has 2 aromatic rings. The summed E-state index contributed by atoms with van der Waals surface area (Å²) in [6.45, 7) is 0. The third-order valence-electron chi connectivity index (χ3n) is 2.88. The van der Waals surface area contributed by atoms with E-state index in [0.29, 0.717) is 11.3 Å². The molecule has 2 rings (SSSR count). The number of oxime groups is 1. The Balaban J connectivity index is 2.17. The number of rotatable bonds is 5. The van der Waals surface area contributed by atoms with Crippen molar-refractivity contribution in [1.29, 1.82) is 0 Å². The molecule has 0 radical (unpaired) electrons. The maximum Gasteiger partial charge on any atom is 0.173 e. The molecule has 6 heteroatoms. The van der Waals surface area contributed by atoms with E-state index in [1.54, 1.807) is 24.9 Å². The second kappa shape index (κ2) is 7.38. The summed E-state index contributed by atoms with van der Waals surface area (Å²) < 4.78 is 6.37. The number of benzene rings is 2. The molecule has 21 heavy (non-hydrogen) atoms. The molecule has 0 heterocycles. The minimum Gasteiger partial charge on any atom is -0.496 e. The van der Waals surface area contributed by atoms with E-state index in [4.69, 9.17) is 15.7 Å². The predicted octanol–water partition coefficient (Wildman–Crippen LogP) is 3.84. The molecule has 0 saturated carbocycles. The van der Waals surface area contributed by atoms with Gasteiger partial charge >= 0.3 is 0 Å². The Morgan fingerprint density at radius 3 is 2.76 bits per heavy atom. The molecule has 3 N–H and O–H groups in total. The van der Waals surface area contributed by atoms with Crippen LogP contribution in [-0.4, -0.2) is 18.2 Å². The van der Waals surface area contributed by atoms with Crippen molar-refractivity contribution in [3.8, 4) is 5.75 Å². The summed E-state index contributed by atoms with van der Waals surface area (Å²) in [5.41, 5.74) is 7.29. The van der Waals surface area contributed by atoms with Crippen molar-refractivity contribution in [1.82, 2.24) is 0 Å². The number of amidine groups is 1. The summed E-state index contributed by atoms with van der Waals surface area (Å²) in [6.07, 6.45) is 0. The maximum atomic E-state index is 8.76. The normalized spacial score (nSPS) is 11.4. The van der Waals surface area contributed by atoms with Crippen LogP contribution in [0.3, 0.4) is 0 Å². The second-order valence-electron chi connectivity index (χ2n) is 4.24. The fourth-order valence-corrected chi connectivity index (χ4v) is 3.32. The maximum absolute atomic E-state index is 8.76. The Bertz CT molecular complexity index is 662. The van der Waals surface area contributed by atoms with Crippen molar-refractivity contribution in [2.45, 2.75) is 10.6 Å². The van der Waals surface area contributed by atoms with Gasteiger partial charge in [0.1, 0.15) is 5.75 Å². The van der Waals surface area contributed by atoms with E-state index in [9.17, 15) is 0 Å². The zero-order valence-electron chi connectivity index (χ0n) is 11.4. The topological polar surface area (TPSA) is 67.8 Å². The van der Waals surface area contributed by atoms with E-state index in [-0.39, 0.29) is 5.84 Å². The van der Waals surface area contributed by atoms with E-state index in [2.05, 4.69) is 27.2 Å². The molecule has 0 aromatic heterocycles. The van der Waals surface area contributed by atoms with Gasteiger partial charge in [0.15, 0.2) is 5.84 Å². The highest BCUT2D eigenvalue weighted by molar-refractivity contribution is 9.10. The fourth-order valence-electron chi connectivity index (χ4n) is 1.81. The zero-order valence-corrected chi connectivity index (χ0v) is 13.8. The molecular weight excluding hydrogens is 352 g/mol. The largest absolute Gasteiger partial charge is 0.496 e. The Morgan fingerprint density at radius 1 is 1.33 bits per heavy atom. The monoisotopic (exact) mass is 366 g/mol. The lowest BCUT2D eigenvalue weighted by Crippen LogP contribution is -2.14. The van der Waals surface area contributed by atoms with Crippen LogP contribution in [-0.2, 0) is 5.75 Å². The molecule has 0 unspecified atom stereocenters. The third-order valence-corrected chi connectivity index (χ3v) is 4.98. The van der Waals surface area contributed by atoms with Crippen LogP contribution >= 0.6 is 27.7 Å². The van der Waals surface area contributed by atoms with Crippen molar-refractivity contribution < 1.29 is 9.94 Å². The van der Waals surface area contributed by atoms with Gasteiger partial charge in [-0.3, -0.25) is 0 Å². The molecule has 0 bridgehead atoms. The molecule has 0 atom stereocenters. The van der Waals surface area contributed by atoms with E-state index in [1.165, 1.54) is 4.90 Å². The molecule has 0 amide bonds. The minimum atomic E-state index is 0.0388. The standard InChI is InChI=1S/C15H15BrN2O2S/c1-20-13-8-10(6-7-11(13)15(17)18-19)9-21-14-5-3-2-4-12(14)16/h2-8,19H,9H2,1H3,(H2,17,18). The van der Waals surface area contributed by atoms with Gasteiger partial charge in [0.25, 0.3) is 0 Å². The Morgan fingerprint density at radius 2 is 2.10 bits per heavy atom. The van der Waals surface area contributed by atoms with Gasteiger partial charge in [0.2, 0.25) is 0 Å². The van der Waals surface area contributed by atoms with Gasteiger partial charge in [-0.2, -0.15) is 0 Å². The first-order valence-electron chi connectivity index (χ1n) is 6.18. The first-order valence-corrected chi connectivity index (χ1v) is 7.95. The quantitative estimate of drug-likeness (QED) is 0.277. The van der Waals surface area contributed by atoms with E-state index in [1.807, 2.05) is 30.3 Å². The smallest absolute Gasteiger partial charge is 0.173 e. The number of thioether (sulfide) groups is 1. The van der Waals surface area contributed by atoms with Crippen LogP contribution in [0.4, 0.5) is 0 Å². The molecular formula is C15H15BrN2O2S. The van der Waals surface area contributed by atoms with Crippen molar-refractivity contribution in [3.63, 3.8) is 0 Å². The highest BCUT2D eigenvalue weighted by Gasteiger charge is 2.09. The lowest BCUT2D eigenvalue weighted by molar-refractivity contribution is 0.318. The summed E-state index contributed by atoms with van der Waals surface area (Å²) in [6, 6.07) is 13.7. The molecule has 4 nitrogen and oxygen atoms in total. The van der Waals surface area contributed by atoms with Gasteiger partial charge in [0.05, 0.1) is 12.7 Å². The van der Waals surface area contributed by atoms with Crippen molar-refractivity contribution in [2.24, 2.45) is 10.9 Å². The van der Waals surface area contributed by atoms with Gasteiger partial charge < -0.3 is 15.7 Å². The first-order chi connectivity index (χ1) is 10.2. The van der Waals surface area contributed by atoms with Crippen molar-refractivity contribution >= 4 is 33.5 Å². The minimum absolute atomic E-state index is 0.0388. The second-order valence-corrected chi connectivity index (χ2v) is 6.11. The molecule has 0 aliphatic rings. The number of ether oxygens (including phenoxy) is 1. The van der Waals surface area contributed by atoms with Crippen molar-refractivity contribution in [2.75, 3.05) is 7.11 Å². The highest BCUT2D eigenvalue weighted by Crippen LogP contribution is 2.31. The van der Waals surface area contributed by atoms with Crippen LogP contribution in [0.15, 0.2) is 57.0 Å². The van der Waals surface area contributed by atoms with Crippen LogP contribution in [0, 0.1) is 0 Å². The lowest BCUT2D eigenvalue weighted by atomic mass is 10.1. The number of halogens is 1. The molecule has 0 aliphatic carbocycles. The van der Waals surface area contributed by atoms with Gasteiger partial charge in [-0.05, 0) is 45.8 Å². The molecule has 0 aliphatic heterocycles. The summed E-state index contributed by atoms with van der Waals surface area (Å²) in [7, 11) is 1.56. The number of nitrogens with zero attached hydrogens (tertiary/aromatic N) is 1. The Hall–Kier alpha value is -1.66. The van der Waals surface area contributed by atoms with Gasteiger partial charge in [-0.1, -0.05) is 23.4 Å². The number of hydrogen-bond acceptors (Lipinski definition) is 4. The van der Waals surface area contributed by atoms with Crippen LogP contribution in [0.2, 0.25) is 0 Å². The van der Waals surface area contributed by atoms with Crippen molar-refractivity contribution in [3.05, 3.63) is 58.1 Å². The van der Waals surface area contributed by atoms with E-state index >= 15 is 0 Å². The fraction of sp³-hybridized carbons (Fsp3) is 0.133. The molecule has 110 valence electrons. The van der Waals surface area contributed by atoms with Crippen LogP contribution in [0.25, 0.3) is 0 Å². The molecule has 0 fully saturated rings.